The third-order valence-electron chi connectivity index (χ3n) is 4.78. The predicted molar refractivity (Wildman–Crippen MR) is 110 cm³/mol. The SMILES string of the molecule is CCCCOC(=O)COC(=O)c1cc(CN2C(=O)c3ccccc3C2=O)ccc1OC. The highest BCUT2D eigenvalue weighted by Gasteiger charge is 2.35. The Hall–Kier alpha value is -3.68. The number of carbonyl (C=O) groups excluding carboxylic acids is 4. The fourth-order valence-corrected chi connectivity index (χ4v) is 3.15. The molecule has 0 saturated heterocycles. The molecular formula is C23H23NO7. The topological polar surface area (TPSA) is 99.2 Å². The van der Waals surface area contributed by atoms with Crippen molar-refractivity contribution in [2.75, 3.05) is 20.3 Å². The van der Waals surface area contributed by atoms with E-state index >= 15 is 0 Å². The van der Waals surface area contributed by atoms with Gasteiger partial charge in [0.25, 0.3) is 11.8 Å². The second-order valence-corrected chi connectivity index (χ2v) is 6.93. The van der Waals surface area contributed by atoms with Gasteiger partial charge >= 0.3 is 11.9 Å². The number of esters is 2. The van der Waals surface area contributed by atoms with Crippen LogP contribution < -0.4 is 4.74 Å². The molecule has 1 aliphatic heterocycles. The average Bonchev–Trinajstić information content (AvgIpc) is 3.02. The predicted octanol–water partition coefficient (Wildman–Crippen LogP) is 2.99. The first-order valence-corrected chi connectivity index (χ1v) is 9.91. The van der Waals surface area contributed by atoms with Crippen LogP contribution in [0.3, 0.4) is 0 Å². The summed E-state index contributed by atoms with van der Waals surface area (Å²) in [4.78, 5) is 50.4. The van der Waals surface area contributed by atoms with Crippen molar-refractivity contribution in [3.63, 3.8) is 0 Å². The Balaban J connectivity index is 1.71. The smallest absolute Gasteiger partial charge is 0.344 e. The molecule has 3 rings (SSSR count). The number of fused-ring (bicyclic) bond motifs is 1. The molecule has 0 spiro atoms. The Morgan fingerprint density at radius 3 is 2.26 bits per heavy atom. The van der Waals surface area contributed by atoms with Gasteiger partial charge < -0.3 is 14.2 Å². The number of hydrogen-bond donors (Lipinski definition) is 0. The van der Waals surface area contributed by atoms with Gasteiger partial charge in [-0.1, -0.05) is 31.5 Å². The number of ether oxygens (including phenoxy) is 3. The Kier molecular flexibility index (Phi) is 7.02. The maximum atomic E-state index is 12.6. The van der Waals surface area contributed by atoms with E-state index in [2.05, 4.69) is 0 Å². The first-order chi connectivity index (χ1) is 15.0. The van der Waals surface area contributed by atoms with Crippen molar-refractivity contribution in [1.29, 1.82) is 0 Å². The van der Waals surface area contributed by atoms with Crippen molar-refractivity contribution in [2.24, 2.45) is 0 Å². The van der Waals surface area contributed by atoms with E-state index in [0.717, 1.165) is 17.7 Å². The van der Waals surface area contributed by atoms with E-state index in [1.54, 1.807) is 36.4 Å². The molecule has 0 fully saturated rings. The molecule has 0 unspecified atom stereocenters. The summed E-state index contributed by atoms with van der Waals surface area (Å²) in [5.74, 6) is -1.95. The zero-order chi connectivity index (χ0) is 22.4. The normalized spacial score (nSPS) is 12.5. The zero-order valence-electron chi connectivity index (χ0n) is 17.4. The first-order valence-electron chi connectivity index (χ1n) is 9.91. The number of carbonyl (C=O) groups is 4. The number of nitrogens with zero attached hydrogens (tertiary/aromatic N) is 1. The second-order valence-electron chi connectivity index (χ2n) is 6.93. The lowest BCUT2D eigenvalue weighted by Crippen LogP contribution is -2.29. The van der Waals surface area contributed by atoms with Gasteiger partial charge in [0.1, 0.15) is 11.3 Å². The van der Waals surface area contributed by atoms with E-state index < -0.39 is 30.4 Å². The highest BCUT2D eigenvalue weighted by Crippen LogP contribution is 2.26. The van der Waals surface area contributed by atoms with Crippen molar-refractivity contribution in [1.82, 2.24) is 4.90 Å². The molecule has 1 aliphatic rings. The fourth-order valence-electron chi connectivity index (χ4n) is 3.15. The van der Waals surface area contributed by atoms with Crippen molar-refractivity contribution in [3.05, 3.63) is 64.7 Å². The van der Waals surface area contributed by atoms with Gasteiger partial charge in [-0.15, -0.1) is 0 Å². The quantitative estimate of drug-likeness (QED) is 0.346. The van der Waals surface area contributed by atoms with Gasteiger partial charge in [0.2, 0.25) is 0 Å². The molecule has 2 amide bonds. The van der Waals surface area contributed by atoms with Crippen LogP contribution in [0.1, 0.15) is 56.4 Å². The second kappa shape index (κ2) is 9.88. The molecule has 0 aliphatic carbocycles. The summed E-state index contributed by atoms with van der Waals surface area (Å²) < 4.78 is 15.2. The van der Waals surface area contributed by atoms with Gasteiger partial charge in [0.05, 0.1) is 31.4 Å². The van der Waals surface area contributed by atoms with Gasteiger partial charge in [-0.25, -0.2) is 9.59 Å². The fraction of sp³-hybridized carbons (Fsp3) is 0.304. The van der Waals surface area contributed by atoms with Gasteiger partial charge in [-0.2, -0.15) is 0 Å². The summed E-state index contributed by atoms with van der Waals surface area (Å²) in [6.45, 7) is 1.70. The maximum absolute atomic E-state index is 12.6. The summed E-state index contributed by atoms with van der Waals surface area (Å²) in [6.07, 6.45) is 1.61. The zero-order valence-corrected chi connectivity index (χ0v) is 17.4. The number of benzene rings is 2. The molecule has 0 radical (unpaired) electrons. The van der Waals surface area contributed by atoms with Crippen LogP contribution in [0.25, 0.3) is 0 Å². The Labute approximate surface area is 179 Å². The van der Waals surface area contributed by atoms with E-state index in [0.29, 0.717) is 16.7 Å². The molecule has 2 aromatic carbocycles. The molecule has 0 saturated carbocycles. The average molecular weight is 425 g/mol. The number of amides is 2. The molecule has 162 valence electrons. The lowest BCUT2D eigenvalue weighted by Gasteiger charge is -2.16. The number of unbranched alkanes of at least 4 members (excludes halogenated alkanes) is 1. The molecule has 0 bridgehead atoms. The van der Waals surface area contributed by atoms with Crippen LogP contribution in [0.4, 0.5) is 0 Å². The molecule has 8 nitrogen and oxygen atoms in total. The molecule has 2 aromatic rings. The van der Waals surface area contributed by atoms with Crippen molar-refractivity contribution < 1.29 is 33.4 Å². The molecular weight excluding hydrogens is 402 g/mol. The van der Waals surface area contributed by atoms with E-state index in [9.17, 15) is 19.2 Å². The standard InChI is InChI=1S/C23H23NO7/c1-3-4-11-30-20(25)14-31-23(28)18-12-15(9-10-19(18)29-2)13-24-21(26)16-7-5-6-8-17(16)22(24)27/h5-10,12H,3-4,11,13-14H2,1-2H3. The lowest BCUT2D eigenvalue weighted by atomic mass is 10.1. The molecule has 0 N–H and O–H groups in total. The largest absolute Gasteiger partial charge is 0.496 e. The third-order valence-corrected chi connectivity index (χ3v) is 4.78. The monoisotopic (exact) mass is 425 g/mol. The maximum Gasteiger partial charge on any atom is 0.344 e. The number of methoxy groups -OCH3 is 1. The summed E-state index contributed by atoms with van der Waals surface area (Å²) in [6, 6.07) is 11.3. The van der Waals surface area contributed by atoms with Crippen LogP contribution in [-0.2, 0) is 20.8 Å². The van der Waals surface area contributed by atoms with Crippen LogP contribution in [0.2, 0.25) is 0 Å². The van der Waals surface area contributed by atoms with Crippen LogP contribution in [0, 0.1) is 0 Å². The molecule has 1 heterocycles. The summed E-state index contributed by atoms with van der Waals surface area (Å²) in [5.41, 5.74) is 1.32. The third kappa shape index (κ3) is 4.91. The molecule has 0 aromatic heterocycles. The lowest BCUT2D eigenvalue weighted by molar-refractivity contribution is -0.147. The van der Waals surface area contributed by atoms with E-state index in [-0.39, 0.29) is 24.5 Å². The van der Waals surface area contributed by atoms with Crippen molar-refractivity contribution >= 4 is 23.8 Å². The Bertz CT molecular complexity index is 980. The van der Waals surface area contributed by atoms with Crippen LogP contribution in [0.5, 0.6) is 5.75 Å². The molecule has 8 heteroatoms. The summed E-state index contributed by atoms with van der Waals surface area (Å²) >= 11 is 0. The summed E-state index contributed by atoms with van der Waals surface area (Å²) in [5, 5.41) is 0. The molecule has 31 heavy (non-hydrogen) atoms. The van der Waals surface area contributed by atoms with E-state index in [1.165, 1.54) is 13.2 Å². The highest BCUT2D eigenvalue weighted by molar-refractivity contribution is 6.21. The van der Waals surface area contributed by atoms with Crippen molar-refractivity contribution in [2.45, 2.75) is 26.3 Å². The van der Waals surface area contributed by atoms with Gasteiger partial charge in [0.15, 0.2) is 6.61 Å². The van der Waals surface area contributed by atoms with Crippen LogP contribution >= 0.6 is 0 Å². The minimum atomic E-state index is -0.770. The van der Waals surface area contributed by atoms with Gasteiger partial charge in [-0.3, -0.25) is 14.5 Å². The van der Waals surface area contributed by atoms with Crippen molar-refractivity contribution in [3.8, 4) is 5.75 Å². The number of rotatable bonds is 9. The van der Waals surface area contributed by atoms with Crippen LogP contribution in [0.15, 0.2) is 42.5 Å². The first kappa shape index (κ1) is 22.0. The van der Waals surface area contributed by atoms with Gasteiger partial charge in [-0.05, 0) is 36.2 Å². The van der Waals surface area contributed by atoms with E-state index in [4.69, 9.17) is 14.2 Å². The van der Waals surface area contributed by atoms with E-state index in [1.807, 2.05) is 6.92 Å². The number of imide groups is 1. The van der Waals surface area contributed by atoms with Gasteiger partial charge in [0, 0.05) is 0 Å². The molecule has 0 atom stereocenters. The highest BCUT2D eigenvalue weighted by atomic mass is 16.6. The minimum Gasteiger partial charge on any atom is -0.496 e. The Morgan fingerprint density at radius 1 is 0.968 bits per heavy atom. The number of hydrogen-bond acceptors (Lipinski definition) is 7. The summed E-state index contributed by atoms with van der Waals surface area (Å²) in [7, 11) is 1.40. The van der Waals surface area contributed by atoms with Crippen LogP contribution in [-0.4, -0.2) is 49.0 Å². The minimum absolute atomic E-state index is 0.0182. The Morgan fingerprint density at radius 2 is 1.65 bits per heavy atom.